The maximum Gasteiger partial charge on any atom is 0.145 e. The highest BCUT2D eigenvalue weighted by atomic mass is 32.1. The van der Waals surface area contributed by atoms with E-state index >= 15 is 0 Å². The molecule has 0 saturated heterocycles. The number of aryl methyl sites for hydroxylation is 1. The van der Waals surface area contributed by atoms with E-state index in [1.165, 1.54) is 9.58 Å². The highest BCUT2D eigenvalue weighted by Crippen LogP contribution is 2.32. The van der Waals surface area contributed by atoms with Gasteiger partial charge in [-0.3, -0.25) is 0 Å². The van der Waals surface area contributed by atoms with Gasteiger partial charge in [0.1, 0.15) is 11.3 Å². The van der Waals surface area contributed by atoms with Crippen LogP contribution in [0.4, 0.5) is 0 Å². The second-order valence-corrected chi connectivity index (χ2v) is 4.50. The SMILES string of the molecule is Cc1cc2sc(C(C)C)cc2o1. The van der Waals surface area contributed by atoms with Gasteiger partial charge in [-0.2, -0.15) is 0 Å². The molecule has 2 aromatic rings. The highest BCUT2D eigenvalue weighted by molar-refractivity contribution is 7.19. The maximum absolute atomic E-state index is 5.51. The average molecular weight is 180 g/mol. The second-order valence-electron chi connectivity index (χ2n) is 3.39. The quantitative estimate of drug-likeness (QED) is 0.648. The molecule has 0 N–H and O–H groups in total. The van der Waals surface area contributed by atoms with Gasteiger partial charge in [0, 0.05) is 4.88 Å². The molecule has 0 aliphatic carbocycles. The number of thiophene rings is 1. The van der Waals surface area contributed by atoms with Crippen molar-refractivity contribution >= 4 is 21.6 Å². The first kappa shape index (κ1) is 7.87. The van der Waals surface area contributed by atoms with E-state index in [9.17, 15) is 0 Å². The summed E-state index contributed by atoms with van der Waals surface area (Å²) in [7, 11) is 0. The largest absolute Gasteiger partial charge is 0.460 e. The lowest BCUT2D eigenvalue weighted by molar-refractivity contribution is 0.578. The molecule has 0 spiro atoms. The zero-order valence-corrected chi connectivity index (χ0v) is 8.37. The van der Waals surface area contributed by atoms with Crippen molar-refractivity contribution in [1.82, 2.24) is 0 Å². The Morgan fingerprint density at radius 1 is 1.33 bits per heavy atom. The minimum Gasteiger partial charge on any atom is -0.460 e. The normalized spacial score (nSPS) is 11.7. The molecule has 12 heavy (non-hydrogen) atoms. The molecule has 0 aromatic carbocycles. The number of fused-ring (bicyclic) bond motifs is 1. The molecule has 1 nitrogen and oxygen atoms in total. The van der Waals surface area contributed by atoms with Gasteiger partial charge in [0.2, 0.25) is 0 Å². The van der Waals surface area contributed by atoms with Crippen molar-refractivity contribution in [3.63, 3.8) is 0 Å². The van der Waals surface area contributed by atoms with E-state index in [4.69, 9.17) is 4.42 Å². The van der Waals surface area contributed by atoms with Gasteiger partial charge in [0.05, 0.1) is 4.70 Å². The third kappa shape index (κ3) is 1.16. The van der Waals surface area contributed by atoms with E-state index in [0.29, 0.717) is 5.92 Å². The first-order valence-corrected chi connectivity index (χ1v) is 4.98. The molecule has 2 heteroatoms. The second kappa shape index (κ2) is 2.63. The standard InChI is InChI=1S/C10H12OS/c1-6(2)9-5-8-10(12-9)4-7(3)11-8/h4-6H,1-3H3. The van der Waals surface area contributed by atoms with Crippen LogP contribution in [0.15, 0.2) is 16.5 Å². The zero-order chi connectivity index (χ0) is 8.72. The van der Waals surface area contributed by atoms with Gasteiger partial charge in [0.15, 0.2) is 0 Å². The lowest BCUT2D eigenvalue weighted by Gasteiger charge is -1.96. The molecule has 0 bridgehead atoms. The summed E-state index contributed by atoms with van der Waals surface area (Å²) in [6.07, 6.45) is 0. The predicted molar refractivity (Wildman–Crippen MR) is 52.9 cm³/mol. The first-order chi connectivity index (χ1) is 5.66. The highest BCUT2D eigenvalue weighted by Gasteiger charge is 2.08. The topological polar surface area (TPSA) is 13.1 Å². The van der Waals surface area contributed by atoms with Gasteiger partial charge in [0.25, 0.3) is 0 Å². The summed E-state index contributed by atoms with van der Waals surface area (Å²) in [5, 5.41) is 0. The van der Waals surface area contributed by atoms with Gasteiger partial charge < -0.3 is 4.42 Å². The Kier molecular flexibility index (Phi) is 1.72. The maximum atomic E-state index is 5.51. The molecule has 0 aliphatic rings. The Labute approximate surface area is 76.0 Å². The number of rotatable bonds is 1. The van der Waals surface area contributed by atoms with E-state index in [2.05, 4.69) is 26.0 Å². The van der Waals surface area contributed by atoms with Crippen LogP contribution in [0.25, 0.3) is 10.3 Å². The molecule has 0 aliphatic heterocycles. The van der Waals surface area contributed by atoms with Crippen LogP contribution in [0, 0.1) is 6.92 Å². The Morgan fingerprint density at radius 2 is 2.08 bits per heavy atom. The third-order valence-corrected chi connectivity index (χ3v) is 3.28. The van der Waals surface area contributed by atoms with Crippen molar-refractivity contribution in [2.24, 2.45) is 0 Å². The fourth-order valence-electron chi connectivity index (χ4n) is 1.26. The van der Waals surface area contributed by atoms with Crippen LogP contribution in [0.5, 0.6) is 0 Å². The lowest BCUT2D eigenvalue weighted by Crippen LogP contribution is -1.77. The minimum atomic E-state index is 0.609. The smallest absolute Gasteiger partial charge is 0.145 e. The van der Waals surface area contributed by atoms with Crippen LogP contribution in [-0.4, -0.2) is 0 Å². The van der Waals surface area contributed by atoms with Gasteiger partial charge in [-0.25, -0.2) is 0 Å². The molecule has 0 unspecified atom stereocenters. The summed E-state index contributed by atoms with van der Waals surface area (Å²) in [6.45, 7) is 6.40. The molecule has 0 saturated carbocycles. The monoisotopic (exact) mass is 180 g/mol. The van der Waals surface area contributed by atoms with Crippen LogP contribution in [0.3, 0.4) is 0 Å². The van der Waals surface area contributed by atoms with Gasteiger partial charge in [-0.05, 0) is 25.0 Å². The van der Waals surface area contributed by atoms with Crippen molar-refractivity contribution in [2.45, 2.75) is 26.7 Å². The van der Waals surface area contributed by atoms with E-state index in [1.54, 1.807) is 0 Å². The number of hydrogen-bond donors (Lipinski definition) is 0. The fourth-order valence-corrected chi connectivity index (χ4v) is 2.34. The summed E-state index contributed by atoms with van der Waals surface area (Å²) in [5.41, 5.74) is 1.04. The number of furan rings is 1. The molecule has 0 fully saturated rings. The summed E-state index contributed by atoms with van der Waals surface area (Å²) in [6, 6.07) is 4.25. The lowest BCUT2D eigenvalue weighted by atomic mass is 10.2. The van der Waals surface area contributed by atoms with Gasteiger partial charge >= 0.3 is 0 Å². The minimum absolute atomic E-state index is 0.609. The Bertz CT molecular complexity index is 363. The third-order valence-electron chi connectivity index (χ3n) is 1.92. The Morgan fingerprint density at radius 3 is 2.67 bits per heavy atom. The average Bonchev–Trinajstić information content (AvgIpc) is 2.42. The van der Waals surface area contributed by atoms with Crippen molar-refractivity contribution < 1.29 is 4.42 Å². The van der Waals surface area contributed by atoms with Crippen LogP contribution in [-0.2, 0) is 0 Å². The fraction of sp³-hybridized carbons (Fsp3) is 0.400. The molecular formula is C10H12OS. The molecule has 0 atom stereocenters. The molecule has 0 amide bonds. The molecule has 0 radical (unpaired) electrons. The van der Waals surface area contributed by atoms with Crippen LogP contribution in [0.2, 0.25) is 0 Å². The van der Waals surface area contributed by atoms with Crippen LogP contribution >= 0.6 is 11.3 Å². The van der Waals surface area contributed by atoms with E-state index in [-0.39, 0.29) is 0 Å². The van der Waals surface area contributed by atoms with Crippen molar-refractivity contribution in [3.8, 4) is 0 Å². The summed E-state index contributed by atoms with van der Waals surface area (Å²) in [4.78, 5) is 1.41. The molecular weight excluding hydrogens is 168 g/mol. The van der Waals surface area contributed by atoms with E-state index in [1.807, 2.05) is 18.3 Å². The molecule has 2 rings (SSSR count). The van der Waals surface area contributed by atoms with Crippen LogP contribution in [0.1, 0.15) is 30.4 Å². The van der Waals surface area contributed by atoms with Gasteiger partial charge in [-0.1, -0.05) is 13.8 Å². The molecule has 2 aromatic heterocycles. The predicted octanol–water partition coefficient (Wildman–Crippen LogP) is 3.93. The number of hydrogen-bond acceptors (Lipinski definition) is 2. The molecule has 64 valence electrons. The van der Waals surface area contributed by atoms with Crippen molar-refractivity contribution in [1.29, 1.82) is 0 Å². The van der Waals surface area contributed by atoms with Gasteiger partial charge in [-0.15, -0.1) is 11.3 Å². The zero-order valence-electron chi connectivity index (χ0n) is 7.55. The molecule has 2 heterocycles. The summed E-state index contributed by atoms with van der Waals surface area (Å²) in [5.74, 6) is 1.62. The van der Waals surface area contributed by atoms with E-state index in [0.717, 1.165) is 11.3 Å². The van der Waals surface area contributed by atoms with Crippen molar-refractivity contribution in [3.05, 3.63) is 22.8 Å². The van der Waals surface area contributed by atoms with Crippen molar-refractivity contribution in [2.75, 3.05) is 0 Å². The van der Waals surface area contributed by atoms with E-state index < -0.39 is 0 Å². The summed E-state index contributed by atoms with van der Waals surface area (Å²) >= 11 is 1.83. The van der Waals surface area contributed by atoms with Crippen LogP contribution < -0.4 is 0 Å². The Balaban J connectivity index is 2.57. The summed E-state index contributed by atoms with van der Waals surface area (Å²) < 4.78 is 6.78. The first-order valence-electron chi connectivity index (χ1n) is 4.16. The Hall–Kier alpha value is -0.760.